The van der Waals surface area contributed by atoms with Crippen LogP contribution < -0.4 is 4.90 Å². The highest BCUT2D eigenvalue weighted by Gasteiger charge is 2.18. The lowest BCUT2D eigenvalue weighted by Gasteiger charge is -2.26. The van der Waals surface area contributed by atoms with Crippen LogP contribution in [0.1, 0.15) is 23.7 Å². The molecule has 0 saturated carbocycles. The highest BCUT2D eigenvalue weighted by atomic mass is 32.2. The van der Waals surface area contributed by atoms with E-state index in [1.807, 2.05) is 38.6 Å². The summed E-state index contributed by atoms with van der Waals surface area (Å²) in [4.78, 5) is 16.7. The first-order valence-electron chi connectivity index (χ1n) is 6.81. The summed E-state index contributed by atoms with van der Waals surface area (Å²) in [5, 5.41) is 9.49. The number of hydrogen-bond acceptors (Lipinski definition) is 4. The number of anilines is 1. The van der Waals surface area contributed by atoms with E-state index in [4.69, 9.17) is 0 Å². The maximum Gasteiger partial charge on any atom is 0.338 e. The quantitative estimate of drug-likeness (QED) is 0.747. The molecule has 0 aliphatic heterocycles. The fourth-order valence-corrected chi connectivity index (χ4v) is 2.81. The number of aromatic carboxylic acids is 1. The van der Waals surface area contributed by atoms with Gasteiger partial charge in [0.25, 0.3) is 0 Å². The molecule has 0 radical (unpaired) electrons. The van der Waals surface area contributed by atoms with E-state index in [1.54, 1.807) is 0 Å². The maximum absolute atomic E-state index is 11.6. The van der Waals surface area contributed by atoms with Crippen molar-refractivity contribution in [2.45, 2.75) is 18.2 Å². The van der Waals surface area contributed by atoms with E-state index in [1.165, 1.54) is 11.8 Å². The van der Waals surface area contributed by atoms with E-state index in [9.17, 15) is 9.90 Å². The molecule has 0 aliphatic carbocycles. The van der Waals surface area contributed by atoms with Crippen LogP contribution in [0.2, 0.25) is 0 Å². The third-order valence-corrected chi connectivity index (χ3v) is 3.97. The molecule has 0 amide bonds. The third kappa shape index (κ3) is 4.42. The summed E-state index contributed by atoms with van der Waals surface area (Å²) in [6.45, 7) is 4.74. The van der Waals surface area contributed by atoms with Crippen molar-refractivity contribution < 1.29 is 9.90 Å². The molecular formula is C15H24N2O2S. The zero-order valence-electron chi connectivity index (χ0n) is 12.7. The lowest BCUT2D eigenvalue weighted by atomic mass is 10.1. The molecule has 4 nitrogen and oxygen atoms in total. The summed E-state index contributed by atoms with van der Waals surface area (Å²) in [5.41, 5.74) is 1.25. The first-order valence-corrected chi connectivity index (χ1v) is 8.03. The van der Waals surface area contributed by atoms with E-state index >= 15 is 0 Å². The van der Waals surface area contributed by atoms with Gasteiger partial charge in [0.2, 0.25) is 0 Å². The van der Waals surface area contributed by atoms with Gasteiger partial charge >= 0.3 is 5.97 Å². The Hall–Kier alpha value is -1.20. The van der Waals surface area contributed by atoms with Crippen LogP contribution in [0.25, 0.3) is 0 Å². The Kier molecular flexibility index (Phi) is 6.88. The van der Waals surface area contributed by atoms with Gasteiger partial charge in [-0.05, 0) is 52.4 Å². The Balaban J connectivity index is 2.99. The lowest BCUT2D eigenvalue weighted by molar-refractivity contribution is 0.0694. The molecule has 1 N–H and O–H groups in total. The van der Waals surface area contributed by atoms with E-state index in [0.717, 1.165) is 36.6 Å². The fraction of sp³-hybridized carbons (Fsp3) is 0.533. The van der Waals surface area contributed by atoms with Gasteiger partial charge in [-0.25, -0.2) is 4.79 Å². The van der Waals surface area contributed by atoms with Crippen LogP contribution in [0.15, 0.2) is 23.1 Å². The number of carboxylic acid groups (broad SMARTS) is 1. The predicted octanol–water partition coefficient (Wildman–Crippen LogP) is 2.88. The van der Waals surface area contributed by atoms with Crippen molar-refractivity contribution in [1.29, 1.82) is 0 Å². The summed E-state index contributed by atoms with van der Waals surface area (Å²) in [5.74, 6) is -0.851. The Labute approximate surface area is 125 Å². The van der Waals surface area contributed by atoms with Gasteiger partial charge in [0, 0.05) is 18.0 Å². The zero-order valence-corrected chi connectivity index (χ0v) is 13.5. The van der Waals surface area contributed by atoms with Gasteiger partial charge < -0.3 is 14.9 Å². The highest BCUT2D eigenvalue weighted by molar-refractivity contribution is 7.98. The van der Waals surface area contributed by atoms with Crippen LogP contribution in [0.5, 0.6) is 0 Å². The second-order valence-corrected chi connectivity index (χ2v) is 5.74. The molecule has 0 aromatic heterocycles. The van der Waals surface area contributed by atoms with E-state index < -0.39 is 5.97 Å². The number of rotatable bonds is 8. The van der Waals surface area contributed by atoms with Gasteiger partial charge in [-0.15, -0.1) is 11.8 Å². The normalized spacial score (nSPS) is 10.8. The fourth-order valence-electron chi connectivity index (χ4n) is 2.19. The summed E-state index contributed by atoms with van der Waals surface area (Å²) in [6.07, 6.45) is 2.93. The van der Waals surface area contributed by atoms with E-state index in [0.29, 0.717) is 5.56 Å². The Morgan fingerprint density at radius 2 is 2.00 bits per heavy atom. The van der Waals surface area contributed by atoms with Crippen LogP contribution in [0, 0.1) is 0 Å². The zero-order chi connectivity index (χ0) is 15.1. The Morgan fingerprint density at radius 1 is 1.30 bits per heavy atom. The SMILES string of the molecule is CCN(CCCN(C)C)c1cccc(SC)c1C(=O)O. The first kappa shape index (κ1) is 16.9. The molecule has 0 atom stereocenters. The second kappa shape index (κ2) is 8.17. The molecule has 0 fully saturated rings. The smallest absolute Gasteiger partial charge is 0.338 e. The molecule has 0 spiro atoms. The molecule has 112 valence electrons. The summed E-state index contributed by atoms with van der Waals surface area (Å²) >= 11 is 1.48. The molecule has 1 aromatic carbocycles. The van der Waals surface area contributed by atoms with Crippen LogP contribution >= 0.6 is 11.8 Å². The van der Waals surface area contributed by atoms with Crippen LogP contribution in [-0.2, 0) is 0 Å². The average Bonchev–Trinajstić information content (AvgIpc) is 2.42. The van der Waals surface area contributed by atoms with Gasteiger partial charge in [-0.2, -0.15) is 0 Å². The molecule has 0 heterocycles. The third-order valence-electron chi connectivity index (χ3n) is 3.19. The standard InChI is InChI=1S/C15H24N2O2S/c1-5-17(11-7-10-16(2)3)12-8-6-9-13(20-4)14(12)15(18)19/h6,8-9H,5,7,10-11H2,1-4H3,(H,18,19). The van der Waals surface area contributed by atoms with Crippen molar-refractivity contribution in [1.82, 2.24) is 4.90 Å². The van der Waals surface area contributed by atoms with Crippen LogP contribution in [0.4, 0.5) is 5.69 Å². The van der Waals surface area contributed by atoms with Crippen LogP contribution in [0.3, 0.4) is 0 Å². The van der Waals surface area contributed by atoms with Gasteiger partial charge in [-0.1, -0.05) is 6.07 Å². The van der Waals surface area contributed by atoms with Gasteiger partial charge in [0.15, 0.2) is 0 Å². The minimum absolute atomic E-state index is 0.423. The summed E-state index contributed by atoms with van der Waals surface area (Å²) in [6, 6.07) is 5.70. The Morgan fingerprint density at radius 3 is 2.50 bits per heavy atom. The molecule has 0 bridgehead atoms. The summed E-state index contributed by atoms with van der Waals surface area (Å²) < 4.78 is 0. The van der Waals surface area contributed by atoms with Gasteiger partial charge in [0.05, 0.1) is 11.3 Å². The lowest BCUT2D eigenvalue weighted by Crippen LogP contribution is -2.28. The molecule has 20 heavy (non-hydrogen) atoms. The van der Waals surface area contributed by atoms with Crippen molar-refractivity contribution in [3.05, 3.63) is 23.8 Å². The van der Waals surface area contributed by atoms with Crippen molar-refractivity contribution >= 4 is 23.4 Å². The monoisotopic (exact) mass is 296 g/mol. The number of thioether (sulfide) groups is 1. The minimum Gasteiger partial charge on any atom is -0.478 e. The van der Waals surface area contributed by atoms with Crippen molar-refractivity contribution in [3.63, 3.8) is 0 Å². The number of benzene rings is 1. The molecular weight excluding hydrogens is 272 g/mol. The van der Waals surface area contributed by atoms with Gasteiger partial charge in [0.1, 0.15) is 0 Å². The average molecular weight is 296 g/mol. The topological polar surface area (TPSA) is 43.8 Å². The first-order chi connectivity index (χ1) is 9.51. The van der Waals surface area contributed by atoms with Crippen LogP contribution in [-0.4, -0.2) is 56.0 Å². The molecule has 0 unspecified atom stereocenters. The van der Waals surface area contributed by atoms with Crippen molar-refractivity contribution in [2.24, 2.45) is 0 Å². The largest absolute Gasteiger partial charge is 0.478 e. The van der Waals surface area contributed by atoms with Crippen molar-refractivity contribution in [3.8, 4) is 0 Å². The maximum atomic E-state index is 11.6. The molecule has 1 aromatic rings. The van der Waals surface area contributed by atoms with E-state index in [-0.39, 0.29) is 0 Å². The predicted molar refractivity (Wildman–Crippen MR) is 86.2 cm³/mol. The summed E-state index contributed by atoms with van der Waals surface area (Å²) in [7, 11) is 4.10. The molecule has 5 heteroatoms. The Bertz CT molecular complexity index is 449. The molecule has 1 rings (SSSR count). The molecule has 0 saturated heterocycles. The van der Waals surface area contributed by atoms with Crippen molar-refractivity contribution in [2.75, 3.05) is 44.9 Å². The number of hydrogen-bond donors (Lipinski definition) is 1. The number of carbonyl (C=O) groups is 1. The minimum atomic E-state index is -0.851. The number of nitrogens with zero attached hydrogens (tertiary/aromatic N) is 2. The highest BCUT2D eigenvalue weighted by Crippen LogP contribution is 2.29. The van der Waals surface area contributed by atoms with Gasteiger partial charge in [-0.3, -0.25) is 0 Å². The second-order valence-electron chi connectivity index (χ2n) is 4.90. The number of carboxylic acids is 1. The molecule has 0 aliphatic rings. The van der Waals surface area contributed by atoms with E-state index in [2.05, 4.69) is 16.7 Å².